The molecule has 0 bridgehead atoms. The summed E-state index contributed by atoms with van der Waals surface area (Å²) in [5.74, 6) is 1.54. The van der Waals surface area contributed by atoms with E-state index in [1.807, 2.05) is 19.2 Å². The molecule has 0 saturated heterocycles. The molecule has 136 valence electrons. The fourth-order valence-electron chi connectivity index (χ4n) is 2.46. The molecule has 24 heavy (non-hydrogen) atoms. The molecule has 2 N–H and O–H groups in total. The quantitative estimate of drug-likeness (QED) is 0.360. The van der Waals surface area contributed by atoms with Crippen molar-refractivity contribution in [3.63, 3.8) is 0 Å². The second-order valence-electron chi connectivity index (χ2n) is 6.04. The molecule has 1 fully saturated rings. The molecular weight excluding hydrogens is 415 g/mol. The van der Waals surface area contributed by atoms with Gasteiger partial charge in [-0.1, -0.05) is 26.0 Å². The van der Waals surface area contributed by atoms with Crippen LogP contribution in [0.25, 0.3) is 0 Å². The van der Waals surface area contributed by atoms with Crippen LogP contribution in [0.5, 0.6) is 5.75 Å². The van der Waals surface area contributed by atoms with Crippen molar-refractivity contribution in [2.75, 3.05) is 33.3 Å². The molecule has 0 unspecified atom stereocenters. The standard InChI is InChI=1S/C18H30N4O.HI/c1-4-22(5-2)12-13-23-17-10-6-15(7-11-17)14-20-18(19)21(3)16-8-9-16;/h6-7,10-11,16H,4-5,8-9,12-14H2,1-3H3,(H2,19,20);1H. The highest BCUT2D eigenvalue weighted by molar-refractivity contribution is 14.0. The number of nitrogens with zero attached hydrogens (tertiary/aromatic N) is 3. The van der Waals surface area contributed by atoms with E-state index in [4.69, 9.17) is 10.5 Å². The summed E-state index contributed by atoms with van der Waals surface area (Å²) in [6.07, 6.45) is 2.46. The largest absolute Gasteiger partial charge is 0.492 e. The molecule has 1 aliphatic rings. The summed E-state index contributed by atoms with van der Waals surface area (Å²) < 4.78 is 5.79. The number of aliphatic imine (C=N–C) groups is 1. The Bertz CT molecular complexity index is 498. The molecule has 0 radical (unpaired) electrons. The molecule has 0 spiro atoms. The van der Waals surface area contributed by atoms with Crippen molar-refractivity contribution in [3.8, 4) is 5.75 Å². The Morgan fingerprint density at radius 1 is 1.21 bits per heavy atom. The molecule has 2 rings (SSSR count). The normalized spacial score (nSPS) is 14.4. The van der Waals surface area contributed by atoms with Gasteiger partial charge in [-0.15, -0.1) is 24.0 Å². The Labute approximate surface area is 163 Å². The maximum Gasteiger partial charge on any atom is 0.191 e. The van der Waals surface area contributed by atoms with E-state index in [9.17, 15) is 0 Å². The topological polar surface area (TPSA) is 54.1 Å². The van der Waals surface area contributed by atoms with Crippen LogP contribution in [0.1, 0.15) is 32.3 Å². The van der Waals surface area contributed by atoms with Crippen LogP contribution in [0.4, 0.5) is 0 Å². The number of hydrogen-bond donors (Lipinski definition) is 1. The third kappa shape index (κ3) is 6.84. The molecule has 1 aliphatic carbocycles. The monoisotopic (exact) mass is 446 g/mol. The van der Waals surface area contributed by atoms with Crippen molar-refractivity contribution >= 4 is 29.9 Å². The predicted octanol–water partition coefficient (Wildman–Crippen LogP) is 2.93. The fraction of sp³-hybridized carbons (Fsp3) is 0.611. The minimum absolute atomic E-state index is 0. The van der Waals surface area contributed by atoms with Gasteiger partial charge >= 0.3 is 0 Å². The van der Waals surface area contributed by atoms with Gasteiger partial charge in [-0.2, -0.15) is 0 Å². The van der Waals surface area contributed by atoms with Crippen LogP contribution < -0.4 is 10.5 Å². The minimum atomic E-state index is 0. The van der Waals surface area contributed by atoms with Gasteiger partial charge in [-0.05, 0) is 43.6 Å². The van der Waals surface area contributed by atoms with Gasteiger partial charge in [0.25, 0.3) is 0 Å². The molecule has 0 aromatic heterocycles. The van der Waals surface area contributed by atoms with E-state index in [0.29, 0.717) is 18.5 Å². The highest BCUT2D eigenvalue weighted by Crippen LogP contribution is 2.25. The van der Waals surface area contributed by atoms with Crippen molar-refractivity contribution in [2.24, 2.45) is 10.7 Å². The van der Waals surface area contributed by atoms with Gasteiger partial charge in [0.15, 0.2) is 5.96 Å². The van der Waals surface area contributed by atoms with Gasteiger partial charge in [0, 0.05) is 19.6 Å². The van der Waals surface area contributed by atoms with Crippen LogP contribution in [0.3, 0.4) is 0 Å². The third-order valence-electron chi connectivity index (χ3n) is 4.37. The van der Waals surface area contributed by atoms with E-state index in [1.54, 1.807) is 0 Å². The molecular formula is C18H31IN4O. The third-order valence-corrected chi connectivity index (χ3v) is 4.37. The van der Waals surface area contributed by atoms with Crippen LogP contribution >= 0.6 is 24.0 Å². The maximum atomic E-state index is 6.00. The summed E-state index contributed by atoms with van der Waals surface area (Å²) in [5.41, 5.74) is 7.15. The van der Waals surface area contributed by atoms with Crippen molar-refractivity contribution in [3.05, 3.63) is 29.8 Å². The van der Waals surface area contributed by atoms with Crippen LogP contribution in [-0.2, 0) is 6.54 Å². The molecule has 5 nitrogen and oxygen atoms in total. The number of halogens is 1. The van der Waals surface area contributed by atoms with Gasteiger partial charge in [-0.3, -0.25) is 0 Å². The molecule has 1 saturated carbocycles. The smallest absolute Gasteiger partial charge is 0.191 e. The first-order valence-corrected chi connectivity index (χ1v) is 8.60. The molecule has 0 aliphatic heterocycles. The molecule has 1 aromatic rings. The van der Waals surface area contributed by atoms with Gasteiger partial charge in [-0.25, -0.2) is 4.99 Å². The molecule has 0 amide bonds. The lowest BCUT2D eigenvalue weighted by Gasteiger charge is -2.18. The number of rotatable bonds is 9. The SMILES string of the molecule is CCN(CC)CCOc1ccc(CN=C(N)N(C)C2CC2)cc1.I. The fourth-order valence-corrected chi connectivity index (χ4v) is 2.46. The second-order valence-corrected chi connectivity index (χ2v) is 6.04. The van der Waals surface area contributed by atoms with Crippen LogP contribution in [0.15, 0.2) is 29.3 Å². The molecule has 6 heteroatoms. The van der Waals surface area contributed by atoms with E-state index < -0.39 is 0 Å². The van der Waals surface area contributed by atoms with E-state index >= 15 is 0 Å². The molecule has 0 atom stereocenters. The van der Waals surface area contributed by atoms with Crippen LogP contribution in [0, 0.1) is 0 Å². The lowest BCUT2D eigenvalue weighted by Crippen LogP contribution is -2.35. The average Bonchev–Trinajstić information content (AvgIpc) is 3.42. The van der Waals surface area contributed by atoms with Gasteiger partial charge < -0.3 is 20.3 Å². The Hall–Kier alpha value is -1.02. The number of guanidine groups is 1. The lowest BCUT2D eigenvalue weighted by atomic mass is 10.2. The lowest BCUT2D eigenvalue weighted by molar-refractivity contribution is 0.223. The maximum absolute atomic E-state index is 6.00. The predicted molar refractivity (Wildman–Crippen MR) is 111 cm³/mol. The number of hydrogen-bond acceptors (Lipinski definition) is 3. The summed E-state index contributed by atoms with van der Waals surface area (Å²) in [4.78, 5) is 8.89. The summed E-state index contributed by atoms with van der Waals surface area (Å²) in [6, 6.07) is 8.73. The number of likely N-dealkylation sites (N-methyl/N-ethyl adjacent to an activating group) is 1. The first kappa shape index (κ1) is 21.0. The van der Waals surface area contributed by atoms with Crippen LogP contribution in [-0.4, -0.2) is 55.1 Å². The summed E-state index contributed by atoms with van der Waals surface area (Å²) in [7, 11) is 2.02. The van der Waals surface area contributed by atoms with Crippen molar-refractivity contribution < 1.29 is 4.74 Å². The van der Waals surface area contributed by atoms with E-state index in [2.05, 4.69) is 40.8 Å². The van der Waals surface area contributed by atoms with Crippen molar-refractivity contribution in [1.82, 2.24) is 9.80 Å². The van der Waals surface area contributed by atoms with Gasteiger partial charge in [0.1, 0.15) is 12.4 Å². The first-order chi connectivity index (χ1) is 11.1. The second kappa shape index (κ2) is 10.8. The summed E-state index contributed by atoms with van der Waals surface area (Å²) in [5, 5.41) is 0. The summed E-state index contributed by atoms with van der Waals surface area (Å²) >= 11 is 0. The Balaban J connectivity index is 0.00000288. The molecule has 0 heterocycles. The van der Waals surface area contributed by atoms with E-state index in [0.717, 1.165) is 37.6 Å². The number of benzene rings is 1. The summed E-state index contributed by atoms with van der Waals surface area (Å²) in [6.45, 7) is 8.77. The molecule has 1 aromatic carbocycles. The Morgan fingerprint density at radius 2 is 1.83 bits per heavy atom. The van der Waals surface area contributed by atoms with Gasteiger partial charge in [0.2, 0.25) is 0 Å². The zero-order chi connectivity index (χ0) is 16.7. The first-order valence-electron chi connectivity index (χ1n) is 8.60. The van der Waals surface area contributed by atoms with E-state index in [1.165, 1.54) is 12.8 Å². The Morgan fingerprint density at radius 3 is 2.38 bits per heavy atom. The van der Waals surface area contributed by atoms with Crippen LogP contribution in [0.2, 0.25) is 0 Å². The minimum Gasteiger partial charge on any atom is -0.492 e. The van der Waals surface area contributed by atoms with Crippen molar-refractivity contribution in [1.29, 1.82) is 0 Å². The number of nitrogens with two attached hydrogens (primary N) is 1. The Kier molecular flexibility index (Phi) is 9.43. The zero-order valence-electron chi connectivity index (χ0n) is 15.1. The highest BCUT2D eigenvalue weighted by atomic mass is 127. The van der Waals surface area contributed by atoms with Gasteiger partial charge in [0.05, 0.1) is 6.54 Å². The van der Waals surface area contributed by atoms with E-state index in [-0.39, 0.29) is 24.0 Å². The average molecular weight is 446 g/mol. The number of ether oxygens (including phenoxy) is 1. The van der Waals surface area contributed by atoms with Crippen molar-refractivity contribution in [2.45, 2.75) is 39.3 Å². The zero-order valence-corrected chi connectivity index (χ0v) is 17.4. The highest BCUT2D eigenvalue weighted by Gasteiger charge is 2.27.